The van der Waals surface area contributed by atoms with Crippen LogP contribution in [0.25, 0.3) is 0 Å². The average molecular weight is 341 g/mol. The minimum absolute atomic E-state index is 0.0760. The van der Waals surface area contributed by atoms with Crippen molar-refractivity contribution >= 4 is 17.2 Å². The number of benzene rings is 1. The van der Waals surface area contributed by atoms with Crippen molar-refractivity contribution in [2.24, 2.45) is 0 Å². The lowest BCUT2D eigenvalue weighted by molar-refractivity contribution is 0.0711. The van der Waals surface area contributed by atoms with E-state index in [0.29, 0.717) is 6.54 Å². The van der Waals surface area contributed by atoms with Crippen LogP contribution in [0, 0.1) is 6.92 Å². The number of nitrogens with zero attached hydrogens (tertiary/aromatic N) is 3. The fraction of sp³-hybridized carbons (Fsp3) is 0.368. The SMILES string of the molecule is C=CCN(C(=O)c1cnc(C)s1)[C@H]1CCN(Cc2ccccc2)C1. The normalized spacial score (nSPS) is 17.8. The lowest BCUT2D eigenvalue weighted by atomic mass is 10.2. The highest BCUT2D eigenvalue weighted by atomic mass is 32.1. The smallest absolute Gasteiger partial charge is 0.266 e. The molecule has 1 atom stereocenters. The van der Waals surface area contributed by atoms with Crippen LogP contribution in [0.4, 0.5) is 0 Å². The standard InChI is InChI=1S/C19H23N3OS/c1-3-10-22(19(23)18-12-20-15(2)24-18)17-9-11-21(14-17)13-16-7-5-4-6-8-16/h3-8,12,17H,1,9-11,13-14H2,2H3/t17-/m0/s1. The number of hydrogen-bond acceptors (Lipinski definition) is 4. The molecule has 0 aliphatic carbocycles. The van der Waals surface area contributed by atoms with Crippen LogP contribution in [0.15, 0.2) is 49.2 Å². The second kappa shape index (κ2) is 7.73. The molecule has 1 aliphatic rings. The van der Waals surface area contributed by atoms with Crippen molar-refractivity contribution in [2.75, 3.05) is 19.6 Å². The minimum Gasteiger partial charge on any atom is -0.330 e. The maximum Gasteiger partial charge on any atom is 0.266 e. The molecule has 4 nitrogen and oxygen atoms in total. The number of likely N-dealkylation sites (tertiary alicyclic amines) is 1. The van der Waals surface area contributed by atoms with Gasteiger partial charge in [0.1, 0.15) is 4.88 Å². The number of aryl methyl sites for hydroxylation is 1. The molecule has 1 amide bonds. The average Bonchev–Trinajstić information content (AvgIpc) is 3.22. The van der Waals surface area contributed by atoms with Gasteiger partial charge in [0, 0.05) is 32.2 Å². The van der Waals surface area contributed by atoms with Gasteiger partial charge in [-0.15, -0.1) is 17.9 Å². The Kier molecular flexibility index (Phi) is 5.43. The van der Waals surface area contributed by atoms with E-state index in [1.165, 1.54) is 16.9 Å². The molecule has 1 aliphatic heterocycles. The van der Waals surface area contributed by atoms with E-state index in [4.69, 9.17) is 0 Å². The summed E-state index contributed by atoms with van der Waals surface area (Å²) >= 11 is 1.46. The summed E-state index contributed by atoms with van der Waals surface area (Å²) < 4.78 is 0. The van der Waals surface area contributed by atoms with Gasteiger partial charge in [0.05, 0.1) is 11.2 Å². The van der Waals surface area contributed by atoms with Crippen molar-refractivity contribution in [3.8, 4) is 0 Å². The molecule has 24 heavy (non-hydrogen) atoms. The molecule has 3 rings (SSSR count). The quantitative estimate of drug-likeness (QED) is 0.756. The predicted octanol–water partition coefficient (Wildman–Crippen LogP) is 3.35. The molecule has 0 unspecified atom stereocenters. The number of rotatable bonds is 6. The molecule has 0 spiro atoms. The third kappa shape index (κ3) is 3.91. The summed E-state index contributed by atoms with van der Waals surface area (Å²) in [7, 11) is 0. The van der Waals surface area contributed by atoms with Gasteiger partial charge in [0.25, 0.3) is 5.91 Å². The topological polar surface area (TPSA) is 36.4 Å². The van der Waals surface area contributed by atoms with Crippen LogP contribution in [0.5, 0.6) is 0 Å². The highest BCUT2D eigenvalue weighted by Gasteiger charge is 2.31. The van der Waals surface area contributed by atoms with Crippen molar-refractivity contribution in [3.05, 3.63) is 64.6 Å². The van der Waals surface area contributed by atoms with Crippen LogP contribution in [-0.2, 0) is 6.54 Å². The van der Waals surface area contributed by atoms with Crippen molar-refractivity contribution in [2.45, 2.75) is 25.9 Å². The molecule has 2 aromatic rings. The number of hydrogen-bond donors (Lipinski definition) is 0. The third-order valence-corrected chi connectivity index (χ3v) is 5.26. The first-order chi connectivity index (χ1) is 11.7. The Morgan fingerprint density at radius 1 is 1.46 bits per heavy atom. The van der Waals surface area contributed by atoms with Gasteiger partial charge >= 0.3 is 0 Å². The molecule has 1 saturated heterocycles. The van der Waals surface area contributed by atoms with E-state index in [-0.39, 0.29) is 11.9 Å². The van der Waals surface area contributed by atoms with E-state index < -0.39 is 0 Å². The van der Waals surface area contributed by atoms with E-state index in [2.05, 4.69) is 40.7 Å². The highest BCUT2D eigenvalue weighted by Crippen LogP contribution is 2.22. The van der Waals surface area contributed by atoms with E-state index in [1.807, 2.05) is 24.0 Å². The lowest BCUT2D eigenvalue weighted by Crippen LogP contribution is -2.41. The fourth-order valence-corrected chi connectivity index (χ4v) is 3.92. The number of carbonyl (C=O) groups is 1. The number of amides is 1. The second-order valence-corrected chi connectivity index (χ2v) is 7.39. The zero-order chi connectivity index (χ0) is 16.9. The van der Waals surface area contributed by atoms with Crippen molar-refractivity contribution < 1.29 is 4.79 Å². The van der Waals surface area contributed by atoms with E-state index >= 15 is 0 Å². The molecular weight excluding hydrogens is 318 g/mol. The Bertz CT molecular complexity index is 698. The van der Waals surface area contributed by atoms with Gasteiger partial charge < -0.3 is 4.90 Å². The van der Waals surface area contributed by atoms with E-state index in [1.54, 1.807) is 6.20 Å². The number of aromatic nitrogens is 1. The van der Waals surface area contributed by atoms with Crippen LogP contribution in [0.3, 0.4) is 0 Å². The monoisotopic (exact) mass is 341 g/mol. The maximum absolute atomic E-state index is 12.8. The molecule has 1 fully saturated rings. The molecule has 1 aromatic heterocycles. The first-order valence-corrected chi connectivity index (χ1v) is 9.09. The van der Waals surface area contributed by atoms with Gasteiger partial charge in [-0.2, -0.15) is 0 Å². The maximum atomic E-state index is 12.8. The van der Waals surface area contributed by atoms with Crippen molar-refractivity contribution in [3.63, 3.8) is 0 Å². The van der Waals surface area contributed by atoms with Crippen LogP contribution in [0.2, 0.25) is 0 Å². The summed E-state index contributed by atoms with van der Waals surface area (Å²) in [6.07, 6.45) is 4.50. The summed E-state index contributed by atoms with van der Waals surface area (Å²) in [5.41, 5.74) is 1.32. The predicted molar refractivity (Wildman–Crippen MR) is 98.2 cm³/mol. The van der Waals surface area contributed by atoms with Gasteiger partial charge in [-0.25, -0.2) is 4.98 Å². The molecular formula is C19H23N3OS. The van der Waals surface area contributed by atoms with Gasteiger partial charge in [-0.05, 0) is 18.9 Å². The molecule has 0 radical (unpaired) electrons. The van der Waals surface area contributed by atoms with E-state index in [9.17, 15) is 4.79 Å². The van der Waals surface area contributed by atoms with Crippen molar-refractivity contribution in [1.82, 2.24) is 14.8 Å². The highest BCUT2D eigenvalue weighted by molar-refractivity contribution is 7.13. The summed E-state index contributed by atoms with van der Waals surface area (Å²) in [5, 5.41) is 0.925. The Balaban J connectivity index is 1.66. The Labute approximate surface area is 147 Å². The van der Waals surface area contributed by atoms with Crippen molar-refractivity contribution in [1.29, 1.82) is 0 Å². The van der Waals surface area contributed by atoms with Crippen LogP contribution < -0.4 is 0 Å². The first kappa shape index (κ1) is 16.9. The fourth-order valence-electron chi connectivity index (χ4n) is 3.19. The molecule has 1 aromatic carbocycles. The van der Waals surface area contributed by atoms with Crippen LogP contribution in [-0.4, -0.2) is 46.4 Å². The van der Waals surface area contributed by atoms with E-state index in [0.717, 1.165) is 35.9 Å². The largest absolute Gasteiger partial charge is 0.330 e. The zero-order valence-electron chi connectivity index (χ0n) is 14.0. The molecule has 0 bridgehead atoms. The third-order valence-electron chi connectivity index (χ3n) is 4.36. The number of carbonyl (C=O) groups excluding carboxylic acids is 1. The zero-order valence-corrected chi connectivity index (χ0v) is 14.8. The Morgan fingerprint density at radius 2 is 2.25 bits per heavy atom. The molecule has 0 N–H and O–H groups in total. The van der Waals surface area contributed by atoms with Gasteiger partial charge in [0.2, 0.25) is 0 Å². The Hall–Kier alpha value is -1.98. The van der Waals surface area contributed by atoms with Crippen LogP contribution >= 0.6 is 11.3 Å². The summed E-state index contributed by atoms with van der Waals surface area (Å²) in [5.74, 6) is 0.0760. The summed E-state index contributed by atoms with van der Waals surface area (Å²) in [4.78, 5) is 22.1. The van der Waals surface area contributed by atoms with Gasteiger partial charge in [0.15, 0.2) is 0 Å². The molecule has 2 heterocycles. The van der Waals surface area contributed by atoms with Crippen LogP contribution in [0.1, 0.15) is 26.7 Å². The lowest BCUT2D eigenvalue weighted by Gasteiger charge is -2.27. The minimum atomic E-state index is 0.0760. The molecule has 126 valence electrons. The Morgan fingerprint density at radius 3 is 2.92 bits per heavy atom. The second-order valence-electron chi connectivity index (χ2n) is 6.15. The summed E-state index contributed by atoms with van der Waals surface area (Å²) in [6.45, 7) is 9.19. The summed E-state index contributed by atoms with van der Waals surface area (Å²) in [6, 6.07) is 10.7. The first-order valence-electron chi connectivity index (χ1n) is 8.28. The van der Waals surface area contributed by atoms with Gasteiger partial charge in [-0.1, -0.05) is 36.4 Å². The van der Waals surface area contributed by atoms with Gasteiger partial charge in [-0.3, -0.25) is 9.69 Å². The molecule has 0 saturated carbocycles. The number of thiazole rings is 1. The molecule has 5 heteroatoms.